The molecule has 0 saturated heterocycles. The smallest absolute Gasteiger partial charge is 0.191 e. The van der Waals surface area contributed by atoms with Crippen LogP contribution in [0.1, 0.15) is 38.3 Å². The number of nitrogens with zero attached hydrogens (tertiary/aromatic N) is 3. The van der Waals surface area contributed by atoms with Crippen molar-refractivity contribution in [2.24, 2.45) is 4.99 Å². The predicted octanol–water partition coefficient (Wildman–Crippen LogP) is 4.04. The van der Waals surface area contributed by atoms with E-state index >= 15 is 0 Å². The molecule has 8 heteroatoms. The van der Waals surface area contributed by atoms with Crippen LogP contribution in [0.25, 0.3) is 11.0 Å². The predicted molar refractivity (Wildman–Crippen MR) is 141 cm³/mol. The molecule has 0 fully saturated rings. The maximum absolute atomic E-state index is 10.5. The number of hydrogen-bond acceptors (Lipinski definition) is 4. The molecule has 7 nitrogen and oxygen atoms in total. The van der Waals surface area contributed by atoms with Crippen molar-refractivity contribution in [2.45, 2.75) is 46.4 Å². The second-order valence-corrected chi connectivity index (χ2v) is 7.70. The molecule has 0 aliphatic rings. The van der Waals surface area contributed by atoms with Gasteiger partial charge in [0, 0.05) is 19.6 Å². The average molecular weight is 551 g/mol. The van der Waals surface area contributed by atoms with Gasteiger partial charge >= 0.3 is 0 Å². The van der Waals surface area contributed by atoms with Crippen molar-refractivity contribution in [1.82, 2.24) is 20.2 Å². The number of aryl methyl sites for hydroxylation is 1. The molecule has 2 aromatic carbocycles. The van der Waals surface area contributed by atoms with Gasteiger partial charge in [0.25, 0.3) is 0 Å². The van der Waals surface area contributed by atoms with Crippen LogP contribution in [0.3, 0.4) is 0 Å². The first-order valence-corrected chi connectivity index (χ1v) is 10.9. The fraction of sp³-hybridized carbons (Fsp3) is 0.417. The third-order valence-electron chi connectivity index (χ3n) is 4.88. The number of fused-ring (bicyclic) bond motifs is 1. The number of rotatable bonds is 9. The lowest BCUT2D eigenvalue weighted by Crippen LogP contribution is -2.39. The van der Waals surface area contributed by atoms with Crippen molar-refractivity contribution in [3.63, 3.8) is 0 Å². The number of nitrogens with one attached hydrogen (secondary N) is 2. The molecule has 3 N–H and O–H groups in total. The first kappa shape index (κ1) is 25.9. The molecular weight excluding hydrogens is 517 g/mol. The molecule has 0 amide bonds. The number of aliphatic imine (C=N–C) groups is 1. The van der Waals surface area contributed by atoms with E-state index in [4.69, 9.17) is 4.74 Å². The van der Waals surface area contributed by atoms with Gasteiger partial charge in [-0.25, -0.2) is 4.98 Å². The zero-order chi connectivity index (χ0) is 22.2. The standard InChI is InChI=1S/C24H33N5O2.HI/c1-5-25-24(26-14-15-29-18(4)28-21-8-6-7-9-22(21)29)27-16-23(30)19-10-12-20(13-11-19)31-17(2)3;/h6-13,17,23,30H,5,14-16H2,1-4H3,(H2,25,26,27);1H. The molecule has 1 aromatic heterocycles. The minimum Gasteiger partial charge on any atom is -0.491 e. The summed E-state index contributed by atoms with van der Waals surface area (Å²) in [5, 5.41) is 17.1. The van der Waals surface area contributed by atoms with Gasteiger partial charge in [0.2, 0.25) is 0 Å². The minimum absolute atomic E-state index is 0. The lowest BCUT2D eigenvalue weighted by atomic mass is 10.1. The van der Waals surface area contributed by atoms with Crippen molar-refractivity contribution in [2.75, 3.05) is 19.6 Å². The maximum Gasteiger partial charge on any atom is 0.191 e. The van der Waals surface area contributed by atoms with Gasteiger partial charge in [-0.3, -0.25) is 4.99 Å². The Balaban J connectivity index is 0.00000363. The fourth-order valence-electron chi connectivity index (χ4n) is 3.43. The molecule has 0 bridgehead atoms. The summed E-state index contributed by atoms with van der Waals surface area (Å²) in [6, 6.07) is 15.7. The number of hydrogen-bond donors (Lipinski definition) is 3. The highest BCUT2D eigenvalue weighted by Crippen LogP contribution is 2.19. The number of aromatic nitrogens is 2. The highest BCUT2D eigenvalue weighted by Gasteiger charge is 2.09. The molecule has 0 radical (unpaired) electrons. The topological polar surface area (TPSA) is 83.7 Å². The first-order chi connectivity index (χ1) is 15.0. The zero-order valence-corrected chi connectivity index (χ0v) is 21.5. The number of aliphatic hydroxyl groups is 1. The molecule has 1 atom stereocenters. The largest absolute Gasteiger partial charge is 0.491 e. The van der Waals surface area contributed by atoms with E-state index in [1.54, 1.807) is 0 Å². The molecule has 174 valence electrons. The number of imidazole rings is 1. The SMILES string of the molecule is CCNC(=NCC(O)c1ccc(OC(C)C)cc1)NCCn1c(C)nc2ccccc21.I. The molecule has 1 unspecified atom stereocenters. The number of halogens is 1. The average Bonchev–Trinajstić information content (AvgIpc) is 3.07. The fourth-order valence-corrected chi connectivity index (χ4v) is 3.43. The van der Waals surface area contributed by atoms with Gasteiger partial charge in [-0.1, -0.05) is 24.3 Å². The monoisotopic (exact) mass is 551 g/mol. The summed E-state index contributed by atoms with van der Waals surface area (Å²) in [6.45, 7) is 10.5. The summed E-state index contributed by atoms with van der Waals surface area (Å²) in [6.07, 6.45) is -0.554. The Morgan fingerprint density at radius 1 is 1.12 bits per heavy atom. The van der Waals surface area contributed by atoms with Crippen LogP contribution in [0.15, 0.2) is 53.5 Å². The normalized spacial score (nSPS) is 12.5. The Hall–Kier alpha value is -2.33. The van der Waals surface area contributed by atoms with E-state index < -0.39 is 6.10 Å². The molecule has 0 spiro atoms. The Morgan fingerprint density at radius 2 is 1.84 bits per heavy atom. The third-order valence-corrected chi connectivity index (χ3v) is 4.88. The third kappa shape index (κ3) is 7.09. The molecule has 3 rings (SSSR count). The van der Waals surface area contributed by atoms with Crippen molar-refractivity contribution < 1.29 is 9.84 Å². The van der Waals surface area contributed by atoms with E-state index in [1.807, 2.05) is 70.2 Å². The van der Waals surface area contributed by atoms with Crippen LogP contribution in [0.4, 0.5) is 0 Å². The number of aliphatic hydroxyl groups excluding tert-OH is 1. The number of ether oxygens (including phenoxy) is 1. The van der Waals surface area contributed by atoms with Crippen LogP contribution in [0, 0.1) is 6.92 Å². The van der Waals surface area contributed by atoms with Crippen molar-refractivity contribution >= 4 is 41.0 Å². The number of guanidine groups is 1. The Kier molecular flexibility index (Phi) is 10.2. The van der Waals surface area contributed by atoms with Crippen LogP contribution in [-0.2, 0) is 6.54 Å². The molecule has 0 saturated carbocycles. The van der Waals surface area contributed by atoms with E-state index in [0.717, 1.165) is 41.3 Å². The highest BCUT2D eigenvalue weighted by atomic mass is 127. The van der Waals surface area contributed by atoms with Crippen LogP contribution < -0.4 is 15.4 Å². The Morgan fingerprint density at radius 3 is 2.53 bits per heavy atom. The maximum atomic E-state index is 10.5. The second-order valence-electron chi connectivity index (χ2n) is 7.70. The quantitative estimate of drug-likeness (QED) is 0.213. The molecule has 3 aromatic rings. The van der Waals surface area contributed by atoms with Gasteiger partial charge in [0.05, 0.1) is 29.8 Å². The molecular formula is C24H34IN5O2. The van der Waals surface area contributed by atoms with Crippen LogP contribution >= 0.6 is 24.0 Å². The first-order valence-electron chi connectivity index (χ1n) is 10.9. The molecule has 32 heavy (non-hydrogen) atoms. The second kappa shape index (κ2) is 12.6. The Labute approximate surface area is 207 Å². The number of para-hydroxylation sites is 2. The van der Waals surface area contributed by atoms with E-state index in [9.17, 15) is 5.11 Å². The lowest BCUT2D eigenvalue weighted by molar-refractivity contribution is 0.186. The van der Waals surface area contributed by atoms with Crippen molar-refractivity contribution in [3.8, 4) is 5.75 Å². The van der Waals surface area contributed by atoms with Crippen molar-refractivity contribution in [1.29, 1.82) is 0 Å². The Bertz CT molecular complexity index is 1000. The summed E-state index contributed by atoms with van der Waals surface area (Å²) in [5.74, 6) is 2.47. The van der Waals surface area contributed by atoms with Crippen LogP contribution in [0.5, 0.6) is 5.75 Å². The van der Waals surface area contributed by atoms with Gasteiger partial charge in [-0.05, 0) is 57.5 Å². The number of benzene rings is 2. The summed E-state index contributed by atoms with van der Waals surface area (Å²) < 4.78 is 7.85. The van der Waals surface area contributed by atoms with E-state index in [-0.39, 0.29) is 36.6 Å². The summed E-state index contributed by atoms with van der Waals surface area (Å²) in [4.78, 5) is 9.16. The molecule has 0 aliphatic carbocycles. The van der Waals surface area contributed by atoms with Gasteiger partial charge in [-0.15, -0.1) is 24.0 Å². The highest BCUT2D eigenvalue weighted by molar-refractivity contribution is 14.0. The van der Waals surface area contributed by atoms with Gasteiger partial charge < -0.3 is 25.0 Å². The van der Waals surface area contributed by atoms with Gasteiger partial charge in [0.1, 0.15) is 11.6 Å². The van der Waals surface area contributed by atoms with E-state index in [2.05, 4.69) is 31.2 Å². The summed E-state index contributed by atoms with van der Waals surface area (Å²) in [5.41, 5.74) is 2.95. The molecule has 1 heterocycles. The minimum atomic E-state index is -0.677. The van der Waals surface area contributed by atoms with Crippen molar-refractivity contribution in [3.05, 3.63) is 59.9 Å². The lowest BCUT2D eigenvalue weighted by Gasteiger charge is -2.15. The van der Waals surface area contributed by atoms with Crippen LogP contribution in [0.2, 0.25) is 0 Å². The zero-order valence-electron chi connectivity index (χ0n) is 19.2. The van der Waals surface area contributed by atoms with Gasteiger partial charge in [-0.2, -0.15) is 0 Å². The van der Waals surface area contributed by atoms with E-state index in [0.29, 0.717) is 12.5 Å². The summed E-state index contributed by atoms with van der Waals surface area (Å²) in [7, 11) is 0. The summed E-state index contributed by atoms with van der Waals surface area (Å²) >= 11 is 0. The molecule has 0 aliphatic heterocycles. The van der Waals surface area contributed by atoms with Gasteiger partial charge in [0.15, 0.2) is 5.96 Å². The van der Waals surface area contributed by atoms with Crippen LogP contribution in [-0.4, -0.2) is 46.4 Å². The van der Waals surface area contributed by atoms with E-state index in [1.165, 1.54) is 0 Å².